The number of H-pyrrole nitrogens is 1. The molecule has 1 saturated heterocycles. The number of rotatable bonds is 3. The van der Waals surface area contributed by atoms with E-state index in [1.165, 1.54) is 0 Å². The Morgan fingerprint density at radius 1 is 1.47 bits per heavy atom. The third kappa shape index (κ3) is 2.64. The van der Waals surface area contributed by atoms with Crippen LogP contribution in [0.4, 0.5) is 0 Å². The van der Waals surface area contributed by atoms with Crippen LogP contribution in [0.25, 0.3) is 0 Å². The maximum Gasteiger partial charge on any atom is 0.312 e. The number of aliphatic carboxylic acids is 1. The molecule has 2 N–H and O–H groups in total. The lowest BCUT2D eigenvalue weighted by atomic mass is 9.90. The fourth-order valence-electron chi connectivity index (χ4n) is 2.86. The number of fused-ring (bicyclic) bond motifs is 1. The van der Waals surface area contributed by atoms with Gasteiger partial charge in [-0.25, -0.2) is 4.98 Å². The second-order valence-corrected chi connectivity index (χ2v) is 5.22. The zero-order valence-electron chi connectivity index (χ0n) is 10.9. The summed E-state index contributed by atoms with van der Waals surface area (Å²) in [6.07, 6.45) is 2.53. The van der Waals surface area contributed by atoms with Crippen molar-refractivity contribution >= 4 is 5.97 Å². The van der Waals surface area contributed by atoms with Gasteiger partial charge >= 0.3 is 5.97 Å². The fraction of sp³-hybridized carbons (Fsp3) is 0.692. The SMILES string of the molecule is O=C(O)C1CCCc2[nH]c(CN3CCOCC3)nc21. The molecular formula is C13H19N3O3. The Balaban J connectivity index is 1.75. The highest BCUT2D eigenvalue weighted by Crippen LogP contribution is 2.30. The van der Waals surface area contributed by atoms with E-state index in [9.17, 15) is 9.90 Å². The molecule has 1 aromatic rings. The van der Waals surface area contributed by atoms with Crippen molar-refractivity contribution in [2.75, 3.05) is 26.3 Å². The normalized spacial score (nSPS) is 24.1. The van der Waals surface area contributed by atoms with Gasteiger partial charge in [-0.05, 0) is 19.3 Å². The Hall–Kier alpha value is -1.40. The number of aromatic nitrogens is 2. The van der Waals surface area contributed by atoms with Crippen LogP contribution in [-0.4, -0.2) is 52.2 Å². The molecule has 1 unspecified atom stereocenters. The van der Waals surface area contributed by atoms with Crippen LogP contribution < -0.4 is 0 Å². The third-order valence-corrected chi connectivity index (χ3v) is 3.88. The molecule has 2 heterocycles. The smallest absolute Gasteiger partial charge is 0.312 e. The lowest BCUT2D eigenvalue weighted by Crippen LogP contribution is -2.35. The van der Waals surface area contributed by atoms with Crippen LogP contribution in [0.2, 0.25) is 0 Å². The van der Waals surface area contributed by atoms with Gasteiger partial charge in [-0.1, -0.05) is 0 Å². The summed E-state index contributed by atoms with van der Waals surface area (Å²) in [6, 6.07) is 0. The molecule has 3 rings (SSSR count). The minimum atomic E-state index is -0.759. The van der Waals surface area contributed by atoms with E-state index in [1.807, 2.05) is 0 Å². The molecule has 1 fully saturated rings. The molecule has 1 aliphatic heterocycles. The van der Waals surface area contributed by atoms with Crippen LogP contribution in [0, 0.1) is 0 Å². The van der Waals surface area contributed by atoms with Gasteiger partial charge in [0.2, 0.25) is 0 Å². The standard InChI is InChI=1S/C13H19N3O3/c17-13(18)9-2-1-3-10-12(9)15-11(14-10)8-16-4-6-19-7-5-16/h9H,1-8H2,(H,14,15)(H,17,18). The van der Waals surface area contributed by atoms with Gasteiger partial charge in [0.25, 0.3) is 0 Å². The monoisotopic (exact) mass is 265 g/mol. The number of ether oxygens (including phenoxy) is 1. The largest absolute Gasteiger partial charge is 0.481 e. The van der Waals surface area contributed by atoms with Crippen LogP contribution >= 0.6 is 0 Å². The first-order valence-electron chi connectivity index (χ1n) is 6.84. The highest BCUT2D eigenvalue weighted by atomic mass is 16.5. The number of morpholine rings is 1. The number of nitrogens with zero attached hydrogens (tertiary/aromatic N) is 2. The molecule has 0 amide bonds. The first kappa shape index (κ1) is 12.6. The summed E-state index contributed by atoms with van der Waals surface area (Å²) in [4.78, 5) is 21.4. The number of imidazole rings is 1. The number of carbonyl (C=O) groups is 1. The maximum absolute atomic E-state index is 11.2. The Bertz CT molecular complexity index is 466. The second kappa shape index (κ2) is 5.30. The fourth-order valence-corrected chi connectivity index (χ4v) is 2.86. The first-order valence-corrected chi connectivity index (χ1v) is 6.84. The van der Waals surface area contributed by atoms with Gasteiger partial charge in [0.15, 0.2) is 0 Å². The summed E-state index contributed by atoms with van der Waals surface area (Å²) in [5.41, 5.74) is 1.77. The lowest BCUT2D eigenvalue weighted by molar-refractivity contribution is -0.139. The highest BCUT2D eigenvalue weighted by molar-refractivity contribution is 5.76. The van der Waals surface area contributed by atoms with Crippen LogP contribution in [0.5, 0.6) is 0 Å². The predicted molar refractivity (Wildman–Crippen MR) is 68.0 cm³/mol. The van der Waals surface area contributed by atoms with Crippen LogP contribution in [-0.2, 0) is 22.5 Å². The summed E-state index contributed by atoms with van der Waals surface area (Å²) in [5, 5.41) is 9.23. The van der Waals surface area contributed by atoms with Crippen LogP contribution in [0.3, 0.4) is 0 Å². The van der Waals surface area contributed by atoms with Crippen LogP contribution in [0.1, 0.15) is 36.0 Å². The van der Waals surface area contributed by atoms with E-state index in [0.29, 0.717) is 6.42 Å². The molecule has 19 heavy (non-hydrogen) atoms. The third-order valence-electron chi connectivity index (χ3n) is 3.88. The molecule has 1 aromatic heterocycles. The quantitative estimate of drug-likeness (QED) is 0.843. The summed E-state index contributed by atoms with van der Waals surface area (Å²) in [6.45, 7) is 4.10. The van der Waals surface area contributed by atoms with E-state index in [4.69, 9.17) is 4.74 Å². The van der Waals surface area contributed by atoms with Gasteiger partial charge in [0.1, 0.15) is 11.7 Å². The first-order chi connectivity index (χ1) is 9.24. The van der Waals surface area contributed by atoms with Crippen molar-refractivity contribution in [3.8, 4) is 0 Å². The minimum absolute atomic E-state index is 0.432. The number of carboxylic acid groups (broad SMARTS) is 1. The van der Waals surface area contributed by atoms with Gasteiger partial charge in [0, 0.05) is 18.8 Å². The Morgan fingerprint density at radius 3 is 3.00 bits per heavy atom. The van der Waals surface area contributed by atoms with E-state index in [0.717, 1.165) is 62.9 Å². The van der Waals surface area contributed by atoms with Gasteiger partial charge in [-0.15, -0.1) is 0 Å². The molecule has 0 saturated carbocycles. The Labute approximate surface area is 111 Å². The number of hydrogen-bond donors (Lipinski definition) is 2. The van der Waals surface area contributed by atoms with Crippen molar-refractivity contribution in [3.63, 3.8) is 0 Å². The van der Waals surface area contributed by atoms with E-state index >= 15 is 0 Å². The van der Waals surface area contributed by atoms with E-state index in [2.05, 4.69) is 14.9 Å². The van der Waals surface area contributed by atoms with Crippen molar-refractivity contribution in [2.45, 2.75) is 31.7 Å². The number of carboxylic acids is 1. The van der Waals surface area contributed by atoms with E-state index < -0.39 is 11.9 Å². The van der Waals surface area contributed by atoms with Gasteiger partial charge in [-0.3, -0.25) is 9.69 Å². The molecule has 1 aliphatic carbocycles. The molecule has 104 valence electrons. The number of hydrogen-bond acceptors (Lipinski definition) is 4. The molecule has 0 bridgehead atoms. The van der Waals surface area contributed by atoms with E-state index in [-0.39, 0.29) is 0 Å². The van der Waals surface area contributed by atoms with Crippen LogP contribution in [0.15, 0.2) is 0 Å². The summed E-state index contributed by atoms with van der Waals surface area (Å²) in [7, 11) is 0. The Kier molecular flexibility index (Phi) is 3.52. The van der Waals surface area contributed by atoms with Crippen molar-refractivity contribution in [1.29, 1.82) is 0 Å². The van der Waals surface area contributed by atoms with Crippen molar-refractivity contribution in [1.82, 2.24) is 14.9 Å². The topological polar surface area (TPSA) is 78.5 Å². The van der Waals surface area contributed by atoms with Gasteiger partial charge in [0.05, 0.1) is 25.5 Å². The number of aromatic amines is 1. The highest BCUT2D eigenvalue weighted by Gasteiger charge is 2.29. The van der Waals surface area contributed by atoms with E-state index in [1.54, 1.807) is 0 Å². The average Bonchev–Trinajstić information content (AvgIpc) is 2.81. The Morgan fingerprint density at radius 2 is 2.26 bits per heavy atom. The van der Waals surface area contributed by atoms with Crippen molar-refractivity contribution in [2.24, 2.45) is 0 Å². The molecular weight excluding hydrogens is 246 g/mol. The summed E-state index contributed by atoms with van der Waals surface area (Å²) < 4.78 is 5.32. The maximum atomic E-state index is 11.2. The molecule has 2 aliphatic rings. The molecule has 0 radical (unpaired) electrons. The molecule has 6 nitrogen and oxygen atoms in total. The lowest BCUT2D eigenvalue weighted by Gasteiger charge is -2.25. The molecule has 1 atom stereocenters. The number of aryl methyl sites for hydroxylation is 1. The minimum Gasteiger partial charge on any atom is -0.481 e. The van der Waals surface area contributed by atoms with Crippen molar-refractivity contribution in [3.05, 3.63) is 17.2 Å². The summed E-state index contributed by atoms with van der Waals surface area (Å²) in [5.74, 6) is -0.302. The molecule has 0 aromatic carbocycles. The van der Waals surface area contributed by atoms with Gasteiger partial charge in [-0.2, -0.15) is 0 Å². The zero-order chi connectivity index (χ0) is 13.2. The summed E-state index contributed by atoms with van der Waals surface area (Å²) >= 11 is 0. The van der Waals surface area contributed by atoms with Crippen molar-refractivity contribution < 1.29 is 14.6 Å². The predicted octanol–water partition coefficient (Wildman–Crippen LogP) is 0.746. The molecule has 0 spiro atoms. The number of nitrogens with one attached hydrogen (secondary N) is 1. The molecule has 6 heteroatoms. The average molecular weight is 265 g/mol. The van der Waals surface area contributed by atoms with Gasteiger partial charge < -0.3 is 14.8 Å². The zero-order valence-corrected chi connectivity index (χ0v) is 10.9. The second-order valence-electron chi connectivity index (χ2n) is 5.22.